The first-order valence-electron chi connectivity index (χ1n) is 7.36. The second-order valence-corrected chi connectivity index (χ2v) is 6.75. The van der Waals surface area contributed by atoms with Crippen LogP contribution in [0.2, 0.25) is 0 Å². The highest BCUT2D eigenvalue weighted by Gasteiger charge is 2.21. The van der Waals surface area contributed by atoms with E-state index in [0.717, 1.165) is 11.3 Å². The molecule has 0 saturated heterocycles. The van der Waals surface area contributed by atoms with Gasteiger partial charge in [0.05, 0.1) is 10.3 Å². The molecule has 0 aromatic carbocycles. The highest BCUT2D eigenvalue weighted by Crippen LogP contribution is 2.28. The fraction of sp³-hybridized carbons (Fsp3) is 0.467. The van der Waals surface area contributed by atoms with Gasteiger partial charge in [-0.25, -0.2) is 4.98 Å². The van der Waals surface area contributed by atoms with Gasteiger partial charge in [0.1, 0.15) is 10.7 Å². The fourth-order valence-electron chi connectivity index (χ4n) is 2.54. The first-order chi connectivity index (χ1) is 10.7. The van der Waals surface area contributed by atoms with Gasteiger partial charge >= 0.3 is 0 Å². The van der Waals surface area contributed by atoms with Crippen molar-refractivity contribution in [1.82, 2.24) is 9.55 Å². The summed E-state index contributed by atoms with van der Waals surface area (Å²) in [4.78, 5) is 40.7. The van der Waals surface area contributed by atoms with Crippen LogP contribution in [0.25, 0.3) is 10.2 Å². The molecule has 124 valence electrons. The summed E-state index contributed by atoms with van der Waals surface area (Å²) in [7, 11) is 0. The molecule has 0 spiro atoms. The summed E-state index contributed by atoms with van der Waals surface area (Å²) < 4.78 is 1.57. The standard InChI is InChI=1S/C15H20N4O3S/c1-7(2)13-18-14-10(8(3)11(23-14)12(17)21)15(22)19(13)6-4-5-9(16)20/h7H,4-6H2,1-3H3,(H2,16,20)(H2,17,21). The molecule has 2 aromatic rings. The lowest BCUT2D eigenvalue weighted by molar-refractivity contribution is -0.118. The van der Waals surface area contributed by atoms with Crippen molar-refractivity contribution in [2.24, 2.45) is 11.5 Å². The van der Waals surface area contributed by atoms with Crippen molar-refractivity contribution in [3.8, 4) is 0 Å². The van der Waals surface area contributed by atoms with Crippen molar-refractivity contribution in [2.75, 3.05) is 0 Å². The number of nitrogens with zero attached hydrogens (tertiary/aromatic N) is 2. The van der Waals surface area contributed by atoms with Gasteiger partial charge in [-0.05, 0) is 18.9 Å². The lowest BCUT2D eigenvalue weighted by atomic mass is 10.1. The number of amides is 2. The number of hydrogen-bond acceptors (Lipinski definition) is 5. The smallest absolute Gasteiger partial charge is 0.262 e. The molecule has 0 radical (unpaired) electrons. The molecule has 0 saturated carbocycles. The highest BCUT2D eigenvalue weighted by atomic mass is 32.1. The summed E-state index contributed by atoms with van der Waals surface area (Å²) >= 11 is 1.14. The highest BCUT2D eigenvalue weighted by molar-refractivity contribution is 7.20. The van der Waals surface area contributed by atoms with Gasteiger partial charge in [0.2, 0.25) is 5.91 Å². The van der Waals surface area contributed by atoms with Gasteiger partial charge in [-0.1, -0.05) is 13.8 Å². The molecular formula is C15H20N4O3S. The normalized spacial score (nSPS) is 11.3. The predicted octanol–water partition coefficient (Wildman–Crippen LogP) is 1.25. The molecule has 4 N–H and O–H groups in total. The summed E-state index contributed by atoms with van der Waals surface area (Å²) in [6.45, 7) is 5.94. The maximum Gasteiger partial charge on any atom is 0.262 e. The largest absolute Gasteiger partial charge is 0.370 e. The summed E-state index contributed by atoms with van der Waals surface area (Å²) in [5.74, 6) is -0.304. The SMILES string of the molecule is Cc1c(C(N)=O)sc2nc(C(C)C)n(CCCC(N)=O)c(=O)c12. The van der Waals surface area contributed by atoms with E-state index >= 15 is 0 Å². The molecule has 2 rings (SSSR count). The van der Waals surface area contributed by atoms with Gasteiger partial charge in [0.15, 0.2) is 0 Å². The van der Waals surface area contributed by atoms with Crippen molar-refractivity contribution in [3.63, 3.8) is 0 Å². The number of rotatable bonds is 6. The van der Waals surface area contributed by atoms with E-state index in [4.69, 9.17) is 11.5 Å². The summed E-state index contributed by atoms with van der Waals surface area (Å²) in [6, 6.07) is 0. The number of primary amides is 2. The van der Waals surface area contributed by atoms with E-state index in [-0.39, 0.29) is 17.9 Å². The molecular weight excluding hydrogens is 316 g/mol. The molecule has 2 heterocycles. The number of hydrogen-bond donors (Lipinski definition) is 2. The van der Waals surface area contributed by atoms with Crippen LogP contribution in [0.1, 0.15) is 53.7 Å². The Morgan fingerprint density at radius 3 is 2.48 bits per heavy atom. The monoisotopic (exact) mass is 336 g/mol. The van der Waals surface area contributed by atoms with Gasteiger partial charge in [0, 0.05) is 18.9 Å². The molecule has 2 amide bonds. The molecule has 2 aromatic heterocycles. The van der Waals surface area contributed by atoms with Crippen molar-refractivity contribution >= 4 is 33.4 Å². The molecule has 8 heteroatoms. The number of nitrogens with two attached hydrogens (primary N) is 2. The number of carbonyl (C=O) groups is 2. The summed E-state index contributed by atoms with van der Waals surface area (Å²) in [5, 5.41) is 0.423. The van der Waals surface area contributed by atoms with E-state index in [9.17, 15) is 14.4 Å². The molecule has 0 aliphatic heterocycles. The Morgan fingerprint density at radius 2 is 1.96 bits per heavy atom. The zero-order chi connectivity index (χ0) is 17.3. The van der Waals surface area contributed by atoms with Crippen LogP contribution in [0.5, 0.6) is 0 Å². The molecule has 0 aliphatic carbocycles. The quantitative estimate of drug-likeness (QED) is 0.824. The minimum atomic E-state index is -0.559. The van der Waals surface area contributed by atoms with Crippen molar-refractivity contribution < 1.29 is 9.59 Å². The number of carbonyl (C=O) groups excluding carboxylic acids is 2. The third kappa shape index (κ3) is 3.26. The minimum absolute atomic E-state index is 0.0279. The lowest BCUT2D eigenvalue weighted by Gasteiger charge is -2.14. The average Bonchev–Trinajstić information content (AvgIpc) is 2.78. The Balaban J connectivity index is 2.64. The second-order valence-electron chi connectivity index (χ2n) is 5.75. The maximum atomic E-state index is 12.8. The lowest BCUT2D eigenvalue weighted by Crippen LogP contribution is -2.27. The van der Waals surface area contributed by atoms with Gasteiger partial charge in [0.25, 0.3) is 11.5 Å². The van der Waals surface area contributed by atoms with Gasteiger partial charge in [-0.2, -0.15) is 0 Å². The Labute approximate surface area is 137 Å². The Morgan fingerprint density at radius 1 is 1.30 bits per heavy atom. The molecule has 0 atom stereocenters. The third-order valence-corrected chi connectivity index (χ3v) is 4.83. The summed E-state index contributed by atoms with van der Waals surface area (Å²) in [5.41, 5.74) is 10.9. The minimum Gasteiger partial charge on any atom is -0.370 e. The van der Waals surface area contributed by atoms with E-state index in [1.54, 1.807) is 11.5 Å². The van der Waals surface area contributed by atoms with Crippen molar-refractivity contribution in [2.45, 2.75) is 46.1 Å². The van der Waals surface area contributed by atoms with E-state index in [1.165, 1.54) is 0 Å². The third-order valence-electron chi connectivity index (χ3n) is 3.62. The van der Waals surface area contributed by atoms with Crippen LogP contribution in [0, 0.1) is 6.92 Å². The average molecular weight is 336 g/mol. The van der Waals surface area contributed by atoms with Crippen LogP contribution in [-0.4, -0.2) is 21.4 Å². The molecule has 0 unspecified atom stereocenters. The number of aromatic nitrogens is 2. The van der Waals surface area contributed by atoms with Gasteiger partial charge in [-0.15, -0.1) is 11.3 Å². The van der Waals surface area contributed by atoms with E-state index in [1.807, 2.05) is 13.8 Å². The second kappa shape index (κ2) is 6.49. The Bertz CT molecular complexity index is 835. The first-order valence-corrected chi connectivity index (χ1v) is 8.17. The van der Waals surface area contributed by atoms with Gasteiger partial charge in [-0.3, -0.25) is 19.0 Å². The van der Waals surface area contributed by atoms with Crippen molar-refractivity contribution in [1.29, 1.82) is 0 Å². The molecule has 23 heavy (non-hydrogen) atoms. The van der Waals surface area contributed by atoms with E-state index in [2.05, 4.69) is 4.98 Å². The van der Waals surface area contributed by atoms with E-state index < -0.39 is 11.8 Å². The van der Waals surface area contributed by atoms with E-state index in [0.29, 0.717) is 39.4 Å². The van der Waals surface area contributed by atoms with Crippen molar-refractivity contribution in [3.05, 3.63) is 26.6 Å². The van der Waals surface area contributed by atoms with Crippen LogP contribution in [0.4, 0.5) is 0 Å². The zero-order valence-corrected chi connectivity index (χ0v) is 14.2. The van der Waals surface area contributed by atoms with Gasteiger partial charge < -0.3 is 11.5 Å². The predicted molar refractivity (Wildman–Crippen MR) is 89.7 cm³/mol. The maximum absolute atomic E-state index is 12.8. The fourth-order valence-corrected chi connectivity index (χ4v) is 3.57. The Hall–Kier alpha value is -2.22. The Kier molecular flexibility index (Phi) is 4.84. The number of aryl methyl sites for hydroxylation is 1. The first kappa shape index (κ1) is 17.1. The zero-order valence-electron chi connectivity index (χ0n) is 13.4. The number of fused-ring (bicyclic) bond motifs is 1. The topological polar surface area (TPSA) is 121 Å². The number of thiophene rings is 1. The molecule has 7 nitrogen and oxygen atoms in total. The van der Waals surface area contributed by atoms with Crippen LogP contribution in [-0.2, 0) is 11.3 Å². The van der Waals surface area contributed by atoms with Crippen LogP contribution in [0.15, 0.2) is 4.79 Å². The molecule has 0 aliphatic rings. The van der Waals surface area contributed by atoms with Crippen LogP contribution in [0.3, 0.4) is 0 Å². The summed E-state index contributed by atoms with van der Waals surface area (Å²) in [6.07, 6.45) is 0.672. The molecule has 0 fully saturated rings. The van der Waals surface area contributed by atoms with Crippen LogP contribution < -0.4 is 17.0 Å². The molecule has 0 bridgehead atoms. The van der Waals surface area contributed by atoms with Crippen LogP contribution >= 0.6 is 11.3 Å².